The number of nitrogens with two attached hydrogens (primary N) is 1. The second-order valence-corrected chi connectivity index (χ2v) is 9.90. The molecule has 1 saturated heterocycles. The molecule has 6 rings (SSSR count). The highest BCUT2D eigenvalue weighted by molar-refractivity contribution is 5.96. The molecule has 2 N–H and O–H groups in total. The van der Waals surface area contributed by atoms with Gasteiger partial charge in [0.25, 0.3) is 5.91 Å². The fourth-order valence-electron chi connectivity index (χ4n) is 5.29. The molecule has 39 heavy (non-hydrogen) atoms. The molecule has 5 aromatic rings. The molecule has 1 aliphatic rings. The summed E-state index contributed by atoms with van der Waals surface area (Å²) >= 11 is 0. The van der Waals surface area contributed by atoms with Crippen molar-refractivity contribution in [1.82, 2.24) is 34.4 Å². The van der Waals surface area contributed by atoms with Crippen LogP contribution in [0.15, 0.2) is 53.4 Å². The Morgan fingerprint density at radius 3 is 2.72 bits per heavy atom. The average molecular weight is 527 g/mol. The van der Waals surface area contributed by atoms with E-state index in [-0.39, 0.29) is 11.9 Å². The van der Waals surface area contributed by atoms with Crippen molar-refractivity contribution in [2.75, 3.05) is 26.0 Å². The van der Waals surface area contributed by atoms with Crippen molar-refractivity contribution in [3.05, 3.63) is 71.5 Å². The Hall–Kier alpha value is -4.51. The van der Waals surface area contributed by atoms with Crippen LogP contribution in [-0.4, -0.2) is 60.6 Å². The number of nitrogen functional groups attached to an aromatic ring is 1. The number of benzene rings is 1. The number of rotatable bonds is 6. The van der Waals surface area contributed by atoms with Crippen molar-refractivity contribution >= 4 is 17.2 Å². The minimum Gasteiger partial charge on any atom is -0.382 e. The standard InChI is InChI=1S/C28H30N8O3/c1-17-23(18(2)39-33-17)15-34(3)28(37)20-6-4-5-19(13-20)25-14-22(26-27(29)30-16-32-36(25)26)24-7-10-31-35(24)21-8-11-38-12-9-21/h4-7,10,13-14,16,21H,8-9,11-12,15H2,1-3H3,(H2,29,30,32). The molecule has 0 radical (unpaired) electrons. The van der Waals surface area contributed by atoms with E-state index in [1.807, 2.05) is 56.4 Å². The Kier molecular flexibility index (Phi) is 6.35. The van der Waals surface area contributed by atoms with Gasteiger partial charge in [-0.05, 0) is 51.0 Å². The summed E-state index contributed by atoms with van der Waals surface area (Å²) in [6, 6.07) is 11.8. The molecular formula is C28H30N8O3. The molecule has 1 amide bonds. The quantitative estimate of drug-likeness (QED) is 0.350. The van der Waals surface area contributed by atoms with E-state index in [1.54, 1.807) is 16.5 Å². The summed E-state index contributed by atoms with van der Waals surface area (Å²) in [6.45, 7) is 5.56. The highest BCUT2D eigenvalue weighted by Gasteiger charge is 2.24. The first-order valence-electron chi connectivity index (χ1n) is 12.9. The van der Waals surface area contributed by atoms with Crippen molar-refractivity contribution in [2.45, 2.75) is 39.3 Å². The molecule has 200 valence electrons. The Labute approximate surface area is 225 Å². The Morgan fingerprint density at radius 2 is 1.95 bits per heavy atom. The highest BCUT2D eigenvalue weighted by atomic mass is 16.5. The predicted octanol–water partition coefficient (Wildman–Crippen LogP) is 4.07. The second kappa shape index (κ2) is 9.99. The Bertz CT molecular complexity index is 1640. The lowest BCUT2D eigenvalue weighted by Gasteiger charge is -2.24. The number of nitrogens with zero attached hydrogens (tertiary/aromatic N) is 7. The number of carbonyl (C=O) groups is 1. The third-order valence-corrected chi connectivity index (χ3v) is 7.39. The SMILES string of the molecule is Cc1noc(C)c1CN(C)C(=O)c1cccc(-c2cc(-c3ccnn3C3CCOCC3)c3c(N)ncnn23)c1. The number of aromatic nitrogens is 6. The molecule has 0 unspecified atom stereocenters. The summed E-state index contributed by atoms with van der Waals surface area (Å²) in [7, 11) is 1.77. The maximum atomic E-state index is 13.4. The van der Waals surface area contributed by atoms with Crippen LogP contribution in [0.3, 0.4) is 0 Å². The largest absolute Gasteiger partial charge is 0.382 e. The molecule has 1 fully saturated rings. The van der Waals surface area contributed by atoms with Crippen molar-refractivity contribution in [3.8, 4) is 22.5 Å². The summed E-state index contributed by atoms with van der Waals surface area (Å²) < 4.78 is 14.7. The van der Waals surface area contributed by atoms with Crippen LogP contribution in [0.25, 0.3) is 28.0 Å². The maximum Gasteiger partial charge on any atom is 0.253 e. The number of fused-ring (bicyclic) bond motifs is 1. The van der Waals surface area contributed by atoms with E-state index in [9.17, 15) is 4.79 Å². The smallest absolute Gasteiger partial charge is 0.253 e. The van der Waals surface area contributed by atoms with Gasteiger partial charge in [0.05, 0.1) is 29.7 Å². The van der Waals surface area contributed by atoms with Gasteiger partial charge in [-0.25, -0.2) is 9.50 Å². The van der Waals surface area contributed by atoms with Gasteiger partial charge in [-0.1, -0.05) is 17.3 Å². The molecule has 0 aliphatic carbocycles. The molecule has 1 aliphatic heterocycles. The first kappa shape index (κ1) is 24.8. The molecule has 1 aromatic carbocycles. The Morgan fingerprint density at radius 1 is 1.13 bits per heavy atom. The van der Waals surface area contributed by atoms with E-state index < -0.39 is 0 Å². The van der Waals surface area contributed by atoms with Crippen molar-refractivity contribution in [2.24, 2.45) is 0 Å². The van der Waals surface area contributed by atoms with Gasteiger partial charge in [0, 0.05) is 48.7 Å². The van der Waals surface area contributed by atoms with Gasteiger partial charge in [0.2, 0.25) is 0 Å². The van der Waals surface area contributed by atoms with Gasteiger partial charge in [-0.3, -0.25) is 9.48 Å². The summed E-state index contributed by atoms with van der Waals surface area (Å²) in [4.78, 5) is 19.3. The lowest BCUT2D eigenvalue weighted by Crippen LogP contribution is -2.26. The number of hydrogen-bond acceptors (Lipinski definition) is 8. The number of anilines is 1. The number of ether oxygens (including phenoxy) is 1. The van der Waals surface area contributed by atoms with Gasteiger partial charge in [0.15, 0.2) is 5.82 Å². The summed E-state index contributed by atoms with van der Waals surface area (Å²) in [5, 5.41) is 13.2. The molecule has 11 nitrogen and oxygen atoms in total. The minimum atomic E-state index is -0.107. The molecule has 0 bridgehead atoms. The van der Waals surface area contributed by atoms with Crippen molar-refractivity contribution in [3.63, 3.8) is 0 Å². The number of carbonyl (C=O) groups excluding carboxylic acids is 1. The fraction of sp³-hybridized carbons (Fsp3) is 0.321. The van der Waals surface area contributed by atoms with Gasteiger partial charge < -0.3 is 19.9 Å². The van der Waals surface area contributed by atoms with E-state index in [0.29, 0.717) is 42.4 Å². The van der Waals surface area contributed by atoms with Crippen LogP contribution in [0.1, 0.15) is 46.3 Å². The van der Waals surface area contributed by atoms with Gasteiger partial charge in [-0.15, -0.1) is 0 Å². The second-order valence-electron chi connectivity index (χ2n) is 9.90. The zero-order valence-electron chi connectivity index (χ0n) is 22.2. The van der Waals surface area contributed by atoms with E-state index in [1.165, 1.54) is 6.33 Å². The van der Waals surface area contributed by atoms with Gasteiger partial charge >= 0.3 is 0 Å². The zero-order chi connectivity index (χ0) is 27.1. The number of aryl methyl sites for hydroxylation is 2. The summed E-state index contributed by atoms with van der Waals surface area (Å²) in [5.41, 5.74) is 12.8. The lowest BCUT2D eigenvalue weighted by atomic mass is 10.1. The molecular weight excluding hydrogens is 496 g/mol. The van der Waals surface area contributed by atoms with E-state index in [2.05, 4.69) is 25.0 Å². The van der Waals surface area contributed by atoms with Crippen LogP contribution in [-0.2, 0) is 11.3 Å². The molecule has 5 heterocycles. The minimum absolute atomic E-state index is 0.107. The topological polar surface area (TPSA) is 130 Å². The molecule has 0 saturated carbocycles. The van der Waals surface area contributed by atoms with Crippen LogP contribution >= 0.6 is 0 Å². The monoisotopic (exact) mass is 526 g/mol. The number of hydrogen-bond donors (Lipinski definition) is 1. The summed E-state index contributed by atoms with van der Waals surface area (Å²) in [6.07, 6.45) is 5.04. The average Bonchev–Trinajstić information content (AvgIpc) is 3.67. The molecule has 0 spiro atoms. The predicted molar refractivity (Wildman–Crippen MR) is 145 cm³/mol. The zero-order valence-corrected chi connectivity index (χ0v) is 22.2. The number of amides is 1. The molecule has 11 heteroatoms. The van der Waals surface area contributed by atoms with E-state index >= 15 is 0 Å². The molecule has 4 aromatic heterocycles. The third-order valence-electron chi connectivity index (χ3n) is 7.39. The van der Waals surface area contributed by atoms with Crippen LogP contribution in [0.5, 0.6) is 0 Å². The normalized spacial score (nSPS) is 14.2. The van der Waals surface area contributed by atoms with E-state index in [4.69, 9.17) is 15.0 Å². The van der Waals surface area contributed by atoms with Crippen LogP contribution in [0, 0.1) is 13.8 Å². The van der Waals surface area contributed by atoms with Crippen molar-refractivity contribution < 1.29 is 14.1 Å². The van der Waals surface area contributed by atoms with Crippen LogP contribution in [0.2, 0.25) is 0 Å². The fourth-order valence-corrected chi connectivity index (χ4v) is 5.29. The van der Waals surface area contributed by atoms with Gasteiger partial charge in [0.1, 0.15) is 17.6 Å². The first-order chi connectivity index (χ1) is 18.9. The summed E-state index contributed by atoms with van der Waals surface area (Å²) in [5.74, 6) is 0.979. The van der Waals surface area contributed by atoms with E-state index in [0.717, 1.165) is 46.6 Å². The third kappa shape index (κ3) is 4.44. The Balaban J connectivity index is 1.39. The van der Waals surface area contributed by atoms with Crippen LogP contribution < -0.4 is 5.73 Å². The lowest BCUT2D eigenvalue weighted by molar-refractivity contribution is 0.0667. The van der Waals surface area contributed by atoms with Crippen LogP contribution in [0.4, 0.5) is 5.82 Å². The van der Waals surface area contributed by atoms with Gasteiger partial charge in [-0.2, -0.15) is 10.2 Å². The first-order valence-corrected chi connectivity index (χ1v) is 12.9. The maximum absolute atomic E-state index is 13.4. The molecule has 0 atom stereocenters. The highest BCUT2D eigenvalue weighted by Crippen LogP contribution is 2.37. The van der Waals surface area contributed by atoms with Crippen molar-refractivity contribution in [1.29, 1.82) is 0 Å².